The van der Waals surface area contributed by atoms with E-state index in [1.54, 1.807) is 39.5 Å². The highest BCUT2D eigenvalue weighted by Crippen LogP contribution is 2.36. The van der Waals surface area contributed by atoms with Crippen molar-refractivity contribution >= 4 is 50.0 Å². The minimum Gasteiger partial charge on any atom is -0.356 e. The molecular weight excluding hydrogens is 538 g/mol. The number of nitrogens with one attached hydrogen (secondary N) is 1. The van der Waals surface area contributed by atoms with E-state index in [4.69, 9.17) is 9.72 Å². The second-order valence-electron chi connectivity index (χ2n) is 11.5. The highest BCUT2D eigenvalue weighted by Gasteiger charge is 2.35. The Labute approximate surface area is 243 Å². The first-order valence-corrected chi connectivity index (χ1v) is 15.3. The molecule has 2 saturated heterocycles. The predicted octanol–water partition coefficient (Wildman–Crippen LogP) is 4.78. The van der Waals surface area contributed by atoms with E-state index in [-0.39, 0.29) is 12.3 Å². The molecule has 216 valence electrons. The van der Waals surface area contributed by atoms with Crippen LogP contribution >= 0.6 is 11.3 Å². The largest absolute Gasteiger partial charge is 0.356 e. The molecule has 2 fully saturated rings. The lowest BCUT2D eigenvalue weighted by Gasteiger charge is -2.38. The number of thiazole rings is 1. The maximum Gasteiger partial charge on any atom is 0.314 e. The van der Waals surface area contributed by atoms with Crippen LogP contribution in [0.15, 0.2) is 36.8 Å². The summed E-state index contributed by atoms with van der Waals surface area (Å²) in [5.74, 6) is -0.904. The zero-order valence-corrected chi connectivity index (χ0v) is 24.7. The molecule has 2 aliphatic heterocycles. The second-order valence-corrected chi connectivity index (χ2v) is 12.6. The molecule has 3 atom stereocenters. The molecule has 0 spiro atoms. The van der Waals surface area contributed by atoms with Crippen LogP contribution in [-0.4, -0.2) is 75.2 Å². The van der Waals surface area contributed by atoms with Crippen molar-refractivity contribution in [2.24, 2.45) is 5.92 Å². The van der Waals surface area contributed by atoms with Crippen molar-refractivity contribution in [2.75, 3.05) is 39.1 Å². The van der Waals surface area contributed by atoms with Crippen molar-refractivity contribution < 1.29 is 14.3 Å². The normalized spacial score (nSPS) is 21.6. The first kappa shape index (κ1) is 27.7. The molecule has 2 amide bonds. The average Bonchev–Trinajstić information content (AvgIpc) is 3.60. The Morgan fingerprint density at radius 2 is 2.02 bits per heavy atom. The molecule has 41 heavy (non-hydrogen) atoms. The molecule has 1 aromatic carbocycles. The summed E-state index contributed by atoms with van der Waals surface area (Å²) in [5, 5.41) is 9.29. The van der Waals surface area contributed by atoms with Gasteiger partial charge >= 0.3 is 11.8 Å². The van der Waals surface area contributed by atoms with Gasteiger partial charge in [0.15, 0.2) is 6.23 Å². The molecule has 10 nitrogen and oxygen atoms in total. The fourth-order valence-corrected chi connectivity index (χ4v) is 6.82. The maximum absolute atomic E-state index is 13.7. The number of amides is 2. The summed E-state index contributed by atoms with van der Waals surface area (Å²) in [7, 11) is 4.13. The summed E-state index contributed by atoms with van der Waals surface area (Å²) in [5.41, 5.74) is 3.15. The van der Waals surface area contributed by atoms with Crippen molar-refractivity contribution in [3.8, 4) is 0 Å². The van der Waals surface area contributed by atoms with Gasteiger partial charge in [0.25, 0.3) is 0 Å². The Balaban J connectivity index is 1.24. The number of anilines is 1. The number of nitrogens with zero attached hydrogens (tertiary/aromatic N) is 6. The molecule has 6 rings (SSSR count). The maximum atomic E-state index is 13.7. The quantitative estimate of drug-likeness (QED) is 0.330. The van der Waals surface area contributed by atoms with Gasteiger partial charge < -0.3 is 19.9 Å². The lowest BCUT2D eigenvalue weighted by Crippen LogP contribution is -2.46. The topological polar surface area (TPSA) is 105 Å². The van der Waals surface area contributed by atoms with Gasteiger partial charge in [-0.05, 0) is 69.8 Å². The lowest BCUT2D eigenvalue weighted by atomic mass is 9.89. The Bertz CT molecular complexity index is 1560. The van der Waals surface area contributed by atoms with Gasteiger partial charge in [0.2, 0.25) is 0 Å². The molecule has 5 heterocycles. The Morgan fingerprint density at radius 1 is 1.15 bits per heavy atom. The average molecular weight is 576 g/mol. The second kappa shape index (κ2) is 11.8. The number of benzene rings is 1. The number of likely N-dealkylation sites (tertiary alicyclic amines) is 1. The molecule has 4 aromatic rings. The number of hydrogen-bond acceptors (Lipinski definition) is 8. The SMILES string of the molecule is CC1CCC(c2ccc3sc(CCN(C)C)nc3c2)N(C(=O)C(=O)Nc2cncc3cnn(C4CCCCO4)c23)C1. The minimum atomic E-state index is -0.670. The van der Waals surface area contributed by atoms with Gasteiger partial charge in [-0.25, -0.2) is 9.67 Å². The van der Waals surface area contributed by atoms with Crippen molar-refractivity contribution in [3.05, 3.63) is 47.4 Å². The first-order valence-electron chi connectivity index (χ1n) is 14.5. The molecule has 0 aliphatic carbocycles. The first-order chi connectivity index (χ1) is 19.9. The summed E-state index contributed by atoms with van der Waals surface area (Å²) < 4.78 is 8.89. The third-order valence-electron chi connectivity index (χ3n) is 8.06. The van der Waals surface area contributed by atoms with Crippen LogP contribution in [0.25, 0.3) is 21.1 Å². The lowest BCUT2D eigenvalue weighted by molar-refractivity contribution is -0.146. The van der Waals surface area contributed by atoms with Crippen LogP contribution in [0.5, 0.6) is 0 Å². The van der Waals surface area contributed by atoms with Gasteiger partial charge in [-0.3, -0.25) is 14.6 Å². The third-order valence-corrected chi connectivity index (χ3v) is 9.16. The van der Waals surface area contributed by atoms with E-state index in [1.165, 1.54) is 0 Å². The summed E-state index contributed by atoms with van der Waals surface area (Å²) in [6.45, 7) is 4.27. The van der Waals surface area contributed by atoms with Crippen molar-refractivity contribution in [2.45, 2.75) is 57.7 Å². The number of carbonyl (C=O) groups is 2. The number of rotatable bonds is 6. The van der Waals surface area contributed by atoms with Crippen LogP contribution in [0.2, 0.25) is 0 Å². The fourth-order valence-electron chi connectivity index (χ4n) is 5.88. The summed E-state index contributed by atoms with van der Waals surface area (Å²) >= 11 is 1.72. The Kier molecular flexibility index (Phi) is 8.01. The minimum absolute atomic E-state index is 0.184. The summed E-state index contributed by atoms with van der Waals surface area (Å²) in [6.07, 6.45) is 10.4. The molecule has 0 bridgehead atoms. The molecule has 0 radical (unpaired) electrons. The Morgan fingerprint density at radius 3 is 2.83 bits per heavy atom. The molecular formula is C30H37N7O3S. The molecule has 3 aromatic heterocycles. The van der Waals surface area contributed by atoms with Crippen LogP contribution in [-0.2, 0) is 20.7 Å². The van der Waals surface area contributed by atoms with Crippen molar-refractivity contribution in [3.63, 3.8) is 0 Å². The number of aromatic nitrogens is 4. The van der Waals surface area contributed by atoms with Gasteiger partial charge in [-0.2, -0.15) is 5.10 Å². The molecule has 3 unspecified atom stereocenters. The standard InChI is InChI=1S/C30H37N7O3S/c1-19-7-9-24(20-8-10-25-22(14-20)33-26(41-25)11-12-35(2)3)36(18-19)30(39)29(38)34-23-17-31-15-21-16-32-37(28(21)23)27-6-4-5-13-40-27/h8,10,14-17,19,24,27H,4-7,9,11-13,18H2,1-3H3,(H,34,38). The zero-order valence-electron chi connectivity index (χ0n) is 23.9. The van der Waals surface area contributed by atoms with E-state index in [2.05, 4.69) is 59.5 Å². The molecule has 0 saturated carbocycles. The predicted molar refractivity (Wildman–Crippen MR) is 160 cm³/mol. The third kappa shape index (κ3) is 5.84. The number of hydrogen-bond donors (Lipinski definition) is 1. The number of fused-ring (bicyclic) bond motifs is 2. The van der Waals surface area contributed by atoms with Crippen molar-refractivity contribution in [1.29, 1.82) is 0 Å². The van der Waals surface area contributed by atoms with E-state index in [0.29, 0.717) is 24.8 Å². The van der Waals surface area contributed by atoms with E-state index in [9.17, 15) is 9.59 Å². The number of pyridine rings is 1. The van der Waals surface area contributed by atoms with Crippen LogP contribution in [0.1, 0.15) is 61.9 Å². The highest BCUT2D eigenvalue weighted by atomic mass is 32.1. The molecule has 1 N–H and O–H groups in total. The van der Waals surface area contributed by atoms with E-state index in [1.807, 2.05) is 0 Å². The number of ether oxygens (including phenoxy) is 1. The zero-order chi connectivity index (χ0) is 28.5. The van der Waals surface area contributed by atoms with Gasteiger partial charge in [0, 0.05) is 37.7 Å². The highest BCUT2D eigenvalue weighted by molar-refractivity contribution is 7.18. The number of piperidine rings is 1. The van der Waals surface area contributed by atoms with E-state index < -0.39 is 11.8 Å². The van der Waals surface area contributed by atoms with Gasteiger partial charge in [-0.15, -0.1) is 11.3 Å². The van der Waals surface area contributed by atoms with Crippen LogP contribution < -0.4 is 5.32 Å². The van der Waals surface area contributed by atoms with Crippen LogP contribution in [0.3, 0.4) is 0 Å². The summed E-state index contributed by atoms with van der Waals surface area (Å²) in [4.78, 5) is 40.3. The fraction of sp³-hybridized carbons (Fsp3) is 0.500. The smallest absolute Gasteiger partial charge is 0.314 e. The van der Waals surface area contributed by atoms with E-state index >= 15 is 0 Å². The molecule has 2 aliphatic rings. The number of carbonyl (C=O) groups excluding carboxylic acids is 2. The molecule has 11 heteroatoms. The van der Waals surface area contributed by atoms with Gasteiger partial charge in [0.1, 0.15) is 0 Å². The van der Waals surface area contributed by atoms with Crippen LogP contribution in [0, 0.1) is 5.92 Å². The van der Waals surface area contributed by atoms with Crippen molar-refractivity contribution in [1.82, 2.24) is 29.5 Å². The van der Waals surface area contributed by atoms with Crippen LogP contribution in [0.4, 0.5) is 5.69 Å². The van der Waals surface area contributed by atoms with E-state index in [0.717, 1.165) is 76.8 Å². The van der Waals surface area contributed by atoms with Gasteiger partial charge in [0.05, 0.1) is 44.9 Å². The Hall–Kier alpha value is -3.41. The number of likely N-dealkylation sites (N-methyl/N-ethyl adjacent to an activating group) is 1. The summed E-state index contributed by atoms with van der Waals surface area (Å²) in [6, 6.07) is 6.10. The van der Waals surface area contributed by atoms with Gasteiger partial charge in [-0.1, -0.05) is 13.0 Å². The monoisotopic (exact) mass is 575 g/mol.